The van der Waals surface area contributed by atoms with Gasteiger partial charge in [0.15, 0.2) is 0 Å². The lowest BCUT2D eigenvalue weighted by atomic mass is 9.79. The summed E-state index contributed by atoms with van der Waals surface area (Å²) in [5.74, 6) is 2.45. The van der Waals surface area contributed by atoms with Crippen molar-refractivity contribution in [3.8, 4) is 5.75 Å². The molecular weight excluding hydrogens is 448 g/mol. The minimum Gasteiger partial charge on any atom is -0.494 e. The van der Waals surface area contributed by atoms with Crippen molar-refractivity contribution in [1.82, 2.24) is 14.3 Å². The number of aromatic nitrogens is 2. The van der Waals surface area contributed by atoms with Gasteiger partial charge in [-0.05, 0) is 66.8 Å². The summed E-state index contributed by atoms with van der Waals surface area (Å²) in [5, 5.41) is 0. The van der Waals surface area contributed by atoms with Gasteiger partial charge in [0, 0.05) is 44.0 Å². The van der Waals surface area contributed by atoms with Crippen LogP contribution in [0.1, 0.15) is 63.1 Å². The van der Waals surface area contributed by atoms with Gasteiger partial charge in [0.2, 0.25) is 16.0 Å². The predicted molar refractivity (Wildman–Crippen MR) is 136 cm³/mol. The largest absolute Gasteiger partial charge is 0.494 e. The van der Waals surface area contributed by atoms with Gasteiger partial charge < -0.3 is 9.64 Å². The smallest absolute Gasteiger partial charge is 0.225 e. The standard InChI is InChI=1S/C26H38N4O3S/c1-5-20-16-27-25(28-17-20)29-12-10-21(11-13-29)7-6-14-33-23-9-8-22-18-30(34(4,31)32)19-26(2,3)24(22)15-23/h8-9,15-17,21H,5-7,10-14,18-19H2,1-4H3. The van der Waals surface area contributed by atoms with Gasteiger partial charge in [-0.2, -0.15) is 4.31 Å². The zero-order valence-electron chi connectivity index (χ0n) is 21.0. The Balaban J connectivity index is 1.23. The molecule has 7 nitrogen and oxygen atoms in total. The minimum absolute atomic E-state index is 0.245. The molecule has 4 rings (SSSR count). The van der Waals surface area contributed by atoms with Crippen LogP contribution in [0.15, 0.2) is 30.6 Å². The number of anilines is 1. The van der Waals surface area contributed by atoms with Gasteiger partial charge >= 0.3 is 0 Å². The summed E-state index contributed by atoms with van der Waals surface area (Å²) in [4.78, 5) is 11.4. The number of rotatable bonds is 8. The maximum atomic E-state index is 12.1. The third-order valence-corrected chi connectivity index (χ3v) is 8.42. The summed E-state index contributed by atoms with van der Waals surface area (Å²) < 4.78 is 31.8. The summed E-state index contributed by atoms with van der Waals surface area (Å²) in [6, 6.07) is 6.11. The van der Waals surface area contributed by atoms with Crippen molar-refractivity contribution in [3.63, 3.8) is 0 Å². The molecule has 34 heavy (non-hydrogen) atoms. The number of hydrogen-bond acceptors (Lipinski definition) is 6. The van der Waals surface area contributed by atoms with Crippen LogP contribution in [0.2, 0.25) is 0 Å². The highest BCUT2D eigenvalue weighted by atomic mass is 32.2. The van der Waals surface area contributed by atoms with Crippen LogP contribution in [0.5, 0.6) is 5.75 Å². The van der Waals surface area contributed by atoms with Crippen molar-refractivity contribution in [2.45, 2.75) is 64.8 Å². The minimum atomic E-state index is -3.21. The molecular formula is C26H38N4O3S. The van der Waals surface area contributed by atoms with Crippen LogP contribution in [-0.2, 0) is 28.4 Å². The SMILES string of the molecule is CCc1cnc(N2CCC(CCCOc3ccc4c(c3)C(C)(C)CN(S(C)(=O)=O)C4)CC2)nc1. The Kier molecular flexibility index (Phi) is 7.48. The Labute approximate surface area is 204 Å². The van der Waals surface area contributed by atoms with Crippen LogP contribution in [0, 0.1) is 5.92 Å². The van der Waals surface area contributed by atoms with Crippen molar-refractivity contribution >= 4 is 16.0 Å². The monoisotopic (exact) mass is 486 g/mol. The lowest BCUT2D eigenvalue weighted by Crippen LogP contribution is -2.44. The van der Waals surface area contributed by atoms with E-state index in [2.05, 4.69) is 41.7 Å². The first-order valence-corrected chi connectivity index (χ1v) is 14.3. The van der Waals surface area contributed by atoms with Crippen LogP contribution in [0.25, 0.3) is 0 Å². The van der Waals surface area contributed by atoms with E-state index in [-0.39, 0.29) is 5.41 Å². The second-order valence-electron chi connectivity index (χ2n) is 10.4. The number of ether oxygens (including phenoxy) is 1. The summed E-state index contributed by atoms with van der Waals surface area (Å²) in [7, 11) is -3.21. The second-order valence-corrected chi connectivity index (χ2v) is 12.4. The third kappa shape index (κ3) is 5.89. The molecule has 2 aliphatic rings. The number of nitrogens with zero attached hydrogens (tertiary/aromatic N) is 4. The van der Waals surface area contributed by atoms with Crippen LogP contribution in [0.3, 0.4) is 0 Å². The molecule has 1 aromatic heterocycles. The molecule has 0 atom stereocenters. The van der Waals surface area contributed by atoms with Crippen LogP contribution in [-0.4, -0.2) is 55.2 Å². The van der Waals surface area contributed by atoms with Gasteiger partial charge in [-0.3, -0.25) is 0 Å². The topological polar surface area (TPSA) is 75.6 Å². The van der Waals surface area contributed by atoms with Gasteiger partial charge in [0.1, 0.15) is 5.75 Å². The molecule has 2 aliphatic heterocycles. The van der Waals surface area contributed by atoms with Gasteiger partial charge in [0.05, 0.1) is 12.9 Å². The Hall–Kier alpha value is -2.19. The van der Waals surface area contributed by atoms with E-state index in [1.54, 1.807) is 4.31 Å². The van der Waals surface area contributed by atoms with Crippen LogP contribution in [0.4, 0.5) is 5.95 Å². The first kappa shape index (κ1) is 24.9. The quantitative estimate of drug-likeness (QED) is 0.522. The van der Waals surface area contributed by atoms with E-state index in [9.17, 15) is 8.42 Å². The molecule has 0 radical (unpaired) electrons. The fourth-order valence-electron chi connectivity index (χ4n) is 5.10. The highest BCUT2D eigenvalue weighted by Crippen LogP contribution is 2.36. The van der Waals surface area contributed by atoms with Gasteiger partial charge in [-0.1, -0.05) is 26.8 Å². The number of piperidine rings is 1. The first-order valence-electron chi connectivity index (χ1n) is 12.4. The zero-order chi connectivity index (χ0) is 24.3. The van der Waals surface area contributed by atoms with Gasteiger partial charge in [-0.25, -0.2) is 18.4 Å². The molecule has 0 spiro atoms. The summed E-state index contributed by atoms with van der Waals surface area (Å²) in [6.45, 7) is 9.98. The highest BCUT2D eigenvalue weighted by Gasteiger charge is 2.35. The zero-order valence-corrected chi connectivity index (χ0v) is 21.8. The van der Waals surface area contributed by atoms with Crippen molar-refractivity contribution in [2.24, 2.45) is 5.92 Å². The molecule has 186 valence electrons. The lowest BCUT2D eigenvalue weighted by Gasteiger charge is -2.38. The molecule has 0 bridgehead atoms. The number of sulfonamides is 1. The molecule has 1 aromatic carbocycles. The normalized spacial score (nSPS) is 19.1. The van der Waals surface area contributed by atoms with Crippen molar-refractivity contribution in [3.05, 3.63) is 47.3 Å². The summed E-state index contributed by atoms with van der Waals surface area (Å²) in [5.41, 5.74) is 3.18. The van der Waals surface area contributed by atoms with E-state index in [0.29, 0.717) is 19.7 Å². The number of aryl methyl sites for hydroxylation is 1. The van der Waals surface area contributed by atoms with E-state index in [1.807, 2.05) is 24.5 Å². The van der Waals surface area contributed by atoms with E-state index in [1.165, 1.54) is 36.6 Å². The van der Waals surface area contributed by atoms with E-state index < -0.39 is 10.0 Å². The van der Waals surface area contributed by atoms with Gasteiger partial charge in [-0.15, -0.1) is 0 Å². The molecule has 0 saturated carbocycles. The average molecular weight is 487 g/mol. The fourth-order valence-corrected chi connectivity index (χ4v) is 6.03. The maximum absolute atomic E-state index is 12.1. The van der Waals surface area contributed by atoms with Crippen LogP contribution < -0.4 is 9.64 Å². The van der Waals surface area contributed by atoms with E-state index in [4.69, 9.17) is 4.74 Å². The van der Waals surface area contributed by atoms with Crippen LogP contribution >= 0.6 is 0 Å². The first-order chi connectivity index (χ1) is 16.2. The predicted octanol–water partition coefficient (Wildman–Crippen LogP) is 4.17. The molecule has 2 aromatic rings. The molecule has 1 fully saturated rings. The van der Waals surface area contributed by atoms with Crippen molar-refractivity contribution in [2.75, 3.05) is 37.4 Å². The van der Waals surface area contributed by atoms with Gasteiger partial charge in [0.25, 0.3) is 0 Å². The van der Waals surface area contributed by atoms with Crippen molar-refractivity contribution < 1.29 is 13.2 Å². The molecule has 0 unspecified atom stereocenters. The fraction of sp³-hybridized carbons (Fsp3) is 0.615. The average Bonchev–Trinajstić information content (AvgIpc) is 2.81. The third-order valence-electron chi connectivity index (χ3n) is 7.22. The molecule has 8 heteroatoms. The van der Waals surface area contributed by atoms with E-state index >= 15 is 0 Å². The summed E-state index contributed by atoms with van der Waals surface area (Å²) >= 11 is 0. The Morgan fingerprint density at radius 2 is 1.85 bits per heavy atom. The maximum Gasteiger partial charge on any atom is 0.225 e. The Bertz CT molecular complexity index is 1080. The number of benzene rings is 1. The lowest BCUT2D eigenvalue weighted by molar-refractivity contribution is 0.274. The molecule has 0 aliphatic carbocycles. The second kappa shape index (κ2) is 10.2. The highest BCUT2D eigenvalue weighted by molar-refractivity contribution is 7.88. The molecule has 0 N–H and O–H groups in total. The molecule has 0 amide bonds. The van der Waals surface area contributed by atoms with E-state index in [0.717, 1.165) is 49.1 Å². The number of hydrogen-bond donors (Lipinski definition) is 0. The molecule has 3 heterocycles. The molecule has 1 saturated heterocycles. The summed E-state index contributed by atoms with van der Waals surface area (Å²) in [6.07, 6.45) is 10.7. The van der Waals surface area contributed by atoms with Crippen molar-refractivity contribution in [1.29, 1.82) is 0 Å². The number of fused-ring (bicyclic) bond motifs is 1. The Morgan fingerprint density at radius 1 is 1.15 bits per heavy atom. The Morgan fingerprint density at radius 3 is 2.50 bits per heavy atom.